The van der Waals surface area contributed by atoms with Crippen molar-refractivity contribution in [3.8, 4) is 0 Å². The van der Waals surface area contributed by atoms with E-state index < -0.39 is 0 Å². The zero-order valence-corrected chi connectivity index (χ0v) is 10.4. The van der Waals surface area contributed by atoms with Crippen LogP contribution < -0.4 is 0 Å². The normalized spacial score (nSPS) is 17.8. The molecule has 1 unspecified atom stereocenters. The van der Waals surface area contributed by atoms with E-state index in [0.29, 0.717) is 6.10 Å². The van der Waals surface area contributed by atoms with Gasteiger partial charge in [-0.25, -0.2) is 0 Å². The Morgan fingerprint density at radius 2 is 2.00 bits per heavy atom. The molecule has 0 saturated carbocycles. The van der Waals surface area contributed by atoms with Gasteiger partial charge in [0.1, 0.15) is 6.10 Å². The third kappa shape index (κ3) is 15.0. The van der Waals surface area contributed by atoms with Gasteiger partial charge >= 0.3 is 21.7 Å². The molecule has 1 aliphatic rings. The summed E-state index contributed by atoms with van der Waals surface area (Å²) in [5, 5.41) is 0. The van der Waals surface area contributed by atoms with Crippen LogP contribution in [0.1, 0.15) is 6.42 Å². The molecule has 1 saturated heterocycles. The van der Waals surface area contributed by atoms with Gasteiger partial charge in [0.2, 0.25) is 0 Å². The molecule has 0 spiro atoms. The summed E-state index contributed by atoms with van der Waals surface area (Å²) in [6.07, 6.45) is 1.26. The average molecular weight is 238 g/mol. The van der Waals surface area contributed by atoms with Crippen molar-refractivity contribution in [2.45, 2.75) is 12.5 Å². The van der Waals surface area contributed by atoms with Crippen LogP contribution in [0.2, 0.25) is 0 Å². The smallest absolute Gasteiger partial charge is 0.527 e. The van der Waals surface area contributed by atoms with E-state index in [1.807, 2.05) is 0 Å². The summed E-state index contributed by atoms with van der Waals surface area (Å²) in [6, 6.07) is 0. The van der Waals surface area contributed by atoms with Crippen molar-refractivity contribution in [1.29, 1.82) is 0 Å². The van der Waals surface area contributed by atoms with Crippen LogP contribution >= 0.6 is 0 Å². The van der Waals surface area contributed by atoms with Gasteiger partial charge in [0.25, 0.3) is 0 Å². The first-order valence-electron chi connectivity index (χ1n) is 4.21. The second kappa shape index (κ2) is 13.6. The van der Waals surface area contributed by atoms with Gasteiger partial charge in [-0.15, -0.1) is 0 Å². The van der Waals surface area contributed by atoms with Crippen LogP contribution in [0.5, 0.6) is 0 Å². The quantitative estimate of drug-likeness (QED) is 0.300. The van der Waals surface area contributed by atoms with Gasteiger partial charge in [-0.3, -0.25) is 0 Å². The first kappa shape index (κ1) is 17.0. The molecule has 0 aromatic carbocycles. The van der Waals surface area contributed by atoms with Crippen molar-refractivity contribution >= 4 is 0 Å². The van der Waals surface area contributed by atoms with Crippen molar-refractivity contribution in [2.75, 3.05) is 34.0 Å². The molecule has 0 radical (unpaired) electrons. The Balaban J connectivity index is 0. The van der Waals surface area contributed by atoms with Gasteiger partial charge in [-0.1, -0.05) is 6.79 Å². The standard InChI is InChI=1S/C6H11O2.C3H7O2.Ti/c1-2-3-7-4-6-5-8-6;1-4-3-5-2;/h6H,1-5H2;3H,1-2H3;/q2*-1;+2. The first-order valence-corrected chi connectivity index (χ1v) is 4.21. The second-order valence-electron chi connectivity index (χ2n) is 2.45. The summed E-state index contributed by atoms with van der Waals surface area (Å²) in [4.78, 5) is 0. The molecule has 0 aliphatic carbocycles. The molecule has 0 aromatic rings. The molecule has 14 heavy (non-hydrogen) atoms. The van der Waals surface area contributed by atoms with E-state index in [1.54, 1.807) is 0 Å². The second-order valence-corrected chi connectivity index (χ2v) is 2.45. The van der Waals surface area contributed by atoms with Crippen LogP contribution in [0.15, 0.2) is 0 Å². The maximum Gasteiger partial charge on any atom is 2.00 e. The van der Waals surface area contributed by atoms with E-state index in [0.717, 1.165) is 26.2 Å². The van der Waals surface area contributed by atoms with Crippen molar-refractivity contribution < 1.29 is 40.7 Å². The number of epoxide rings is 1. The predicted octanol–water partition coefficient (Wildman–Crippen LogP) is 1.02. The molecule has 1 fully saturated rings. The van der Waals surface area contributed by atoms with Crippen molar-refractivity contribution in [3.63, 3.8) is 0 Å². The average Bonchev–Trinajstić information content (AvgIpc) is 2.91. The van der Waals surface area contributed by atoms with E-state index in [-0.39, 0.29) is 21.7 Å². The van der Waals surface area contributed by atoms with Gasteiger partial charge in [0, 0.05) is 20.8 Å². The van der Waals surface area contributed by atoms with Gasteiger partial charge in [-0.2, -0.15) is 6.42 Å². The molecular weight excluding hydrogens is 220 g/mol. The van der Waals surface area contributed by atoms with E-state index in [9.17, 15) is 0 Å². The topological polar surface area (TPSA) is 40.2 Å². The van der Waals surface area contributed by atoms with Crippen molar-refractivity contribution in [3.05, 3.63) is 13.7 Å². The summed E-state index contributed by atoms with van der Waals surface area (Å²) in [6.45, 7) is 7.30. The van der Waals surface area contributed by atoms with Gasteiger partial charge in [-0.05, 0) is 0 Å². The molecule has 1 rings (SSSR count). The van der Waals surface area contributed by atoms with E-state index in [1.165, 1.54) is 21.0 Å². The van der Waals surface area contributed by atoms with Gasteiger partial charge in [0.05, 0.1) is 13.2 Å². The molecule has 4 nitrogen and oxygen atoms in total. The van der Waals surface area contributed by atoms with Crippen molar-refractivity contribution in [2.24, 2.45) is 0 Å². The summed E-state index contributed by atoms with van der Waals surface area (Å²) in [7, 11) is 3.06. The molecule has 1 atom stereocenters. The number of hydrogen-bond acceptors (Lipinski definition) is 4. The van der Waals surface area contributed by atoms with Crippen LogP contribution in [-0.2, 0) is 40.7 Å². The maximum atomic E-state index is 5.12. The Morgan fingerprint density at radius 3 is 2.29 bits per heavy atom. The van der Waals surface area contributed by atoms with Gasteiger partial charge < -0.3 is 25.9 Å². The van der Waals surface area contributed by atoms with Crippen LogP contribution in [0.3, 0.4) is 0 Å². The Bertz CT molecular complexity index is 96.8. The predicted molar refractivity (Wildman–Crippen MR) is 48.9 cm³/mol. The fourth-order valence-electron chi connectivity index (χ4n) is 0.577. The van der Waals surface area contributed by atoms with Crippen molar-refractivity contribution in [1.82, 2.24) is 0 Å². The van der Waals surface area contributed by atoms with Crippen LogP contribution in [0.25, 0.3) is 0 Å². The third-order valence-corrected chi connectivity index (χ3v) is 1.19. The Labute approximate surface area is 101 Å². The molecule has 82 valence electrons. The molecule has 1 heterocycles. The fraction of sp³-hybridized carbons (Fsp3) is 0.778. The van der Waals surface area contributed by atoms with Gasteiger partial charge in [0.15, 0.2) is 0 Å². The Kier molecular flexibility index (Phi) is 16.4. The molecule has 0 aromatic heterocycles. The number of rotatable bonds is 6. The zero-order valence-electron chi connectivity index (χ0n) is 8.82. The minimum atomic E-state index is 0. The molecular formula is C9H18O4Ti. The number of ether oxygens (including phenoxy) is 4. The SMILES string of the molecule is CO[CH-]OC.[CH2-]CCOCC1CO1.[Ti+2]. The molecule has 0 bridgehead atoms. The monoisotopic (exact) mass is 238 g/mol. The van der Waals surface area contributed by atoms with Crippen LogP contribution in [-0.4, -0.2) is 40.1 Å². The fourth-order valence-corrected chi connectivity index (χ4v) is 0.577. The summed E-state index contributed by atoms with van der Waals surface area (Å²) >= 11 is 0. The van der Waals surface area contributed by atoms with E-state index >= 15 is 0 Å². The summed E-state index contributed by atoms with van der Waals surface area (Å²) in [5.74, 6) is 0. The third-order valence-electron chi connectivity index (χ3n) is 1.19. The Hall–Kier alpha value is 0.554. The molecule has 0 N–H and O–H groups in total. The first-order chi connectivity index (χ1) is 6.35. The van der Waals surface area contributed by atoms with E-state index in [4.69, 9.17) is 9.47 Å². The Morgan fingerprint density at radius 1 is 1.43 bits per heavy atom. The number of methoxy groups -OCH3 is 2. The minimum absolute atomic E-state index is 0. The molecule has 1 aliphatic heterocycles. The summed E-state index contributed by atoms with van der Waals surface area (Å²) in [5.41, 5.74) is 0. The largest absolute Gasteiger partial charge is 2.00 e. The zero-order chi connectivity index (χ0) is 9.94. The molecule has 0 amide bonds. The summed E-state index contributed by atoms with van der Waals surface area (Å²) < 4.78 is 18.7. The maximum absolute atomic E-state index is 5.12. The number of hydrogen-bond donors (Lipinski definition) is 0. The minimum Gasteiger partial charge on any atom is -0.527 e. The van der Waals surface area contributed by atoms with Crippen LogP contribution in [0, 0.1) is 13.7 Å². The van der Waals surface area contributed by atoms with Crippen LogP contribution in [0.4, 0.5) is 0 Å². The van der Waals surface area contributed by atoms with E-state index in [2.05, 4.69) is 16.4 Å². The molecule has 5 heteroatoms.